The Labute approximate surface area is 113 Å². The Hall–Kier alpha value is -1.25. The maximum absolute atomic E-state index is 13.0. The third-order valence-corrected chi connectivity index (χ3v) is 3.90. The molecule has 104 valence electrons. The molecule has 0 heterocycles. The number of hydrogen-bond donors (Lipinski definition) is 0. The van der Waals surface area contributed by atoms with Crippen LogP contribution in [0.5, 0.6) is 0 Å². The van der Waals surface area contributed by atoms with Crippen molar-refractivity contribution < 1.29 is 13.6 Å². The van der Waals surface area contributed by atoms with E-state index in [1.165, 1.54) is 5.56 Å². The van der Waals surface area contributed by atoms with Gasteiger partial charge in [0.15, 0.2) is 0 Å². The zero-order chi connectivity index (χ0) is 13.7. The van der Waals surface area contributed by atoms with Crippen LogP contribution in [0.1, 0.15) is 44.1 Å². The van der Waals surface area contributed by atoms with Gasteiger partial charge in [0.05, 0.1) is 0 Å². The first kappa shape index (κ1) is 14.2. The van der Waals surface area contributed by atoms with Gasteiger partial charge in [0.25, 0.3) is 0 Å². The molecule has 0 aromatic heterocycles. The molecule has 19 heavy (non-hydrogen) atoms. The number of hydrogen-bond acceptors (Lipinski definition) is 1. The molecule has 0 N–H and O–H groups in total. The first-order chi connectivity index (χ1) is 9.07. The van der Waals surface area contributed by atoms with Gasteiger partial charge in [-0.05, 0) is 31.2 Å². The fraction of sp³-hybridized carbons (Fsp3) is 0.562. The number of carbonyl (C=O) groups excluding carboxylic acids is 1. The molecule has 0 aliphatic heterocycles. The van der Waals surface area contributed by atoms with E-state index in [1.807, 2.05) is 30.3 Å². The van der Waals surface area contributed by atoms with Gasteiger partial charge in [-0.15, -0.1) is 0 Å². The molecule has 0 atom stereocenters. The van der Waals surface area contributed by atoms with Crippen molar-refractivity contribution in [2.75, 3.05) is 0 Å². The van der Waals surface area contributed by atoms with Crippen molar-refractivity contribution >= 4 is 5.78 Å². The van der Waals surface area contributed by atoms with Crippen molar-refractivity contribution in [1.82, 2.24) is 0 Å². The molecule has 0 amide bonds. The molecule has 3 heteroatoms. The van der Waals surface area contributed by atoms with Crippen LogP contribution in [-0.2, 0) is 11.2 Å². The van der Waals surface area contributed by atoms with Crippen LogP contribution in [0.25, 0.3) is 0 Å². The Kier molecular flexibility index (Phi) is 4.67. The summed E-state index contributed by atoms with van der Waals surface area (Å²) in [4.78, 5) is 12.0. The molecule has 0 unspecified atom stereocenters. The van der Waals surface area contributed by atoms with E-state index in [0.29, 0.717) is 19.3 Å². The lowest BCUT2D eigenvalue weighted by atomic mass is 9.82. The van der Waals surface area contributed by atoms with Crippen LogP contribution in [0, 0.1) is 5.92 Å². The summed E-state index contributed by atoms with van der Waals surface area (Å²) in [7, 11) is 0. The smallest absolute Gasteiger partial charge is 0.248 e. The number of ketones is 1. The Morgan fingerprint density at radius 3 is 2.42 bits per heavy atom. The summed E-state index contributed by atoms with van der Waals surface area (Å²) in [5.41, 5.74) is 1.23. The van der Waals surface area contributed by atoms with Crippen LogP contribution in [0.2, 0.25) is 0 Å². The van der Waals surface area contributed by atoms with Crippen molar-refractivity contribution in [2.45, 2.75) is 50.9 Å². The molecule has 1 aromatic rings. The number of carbonyl (C=O) groups is 1. The maximum atomic E-state index is 13.0. The number of rotatable bonds is 5. The van der Waals surface area contributed by atoms with E-state index in [-0.39, 0.29) is 24.5 Å². The summed E-state index contributed by atoms with van der Waals surface area (Å²) < 4.78 is 26.0. The summed E-state index contributed by atoms with van der Waals surface area (Å²) in [5.74, 6) is -2.50. The number of alkyl halides is 2. The van der Waals surface area contributed by atoms with Crippen molar-refractivity contribution in [3.05, 3.63) is 35.9 Å². The fourth-order valence-corrected chi connectivity index (χ4v) is 2.68. The molecule has 1 saturated carbocycles. The van der Waals surface area contributed by atoms with Gasteiger partial charge in [0.1, 0.15) is 5.78 Å². The maximum Gasteiger partial charge on any atom is 0.248 e. The molecule has 0 saturated heterocycles. The number of Topliss-reactive ketones (excluding diaryl/α,β-unsaturated/α-hetero) is 1. The first-order valence-corrected chi connectivity index (χ1v) is 7.01. The predicted octanol–water partition coefficient (Wildman–Crippen LogP) is 4.40. The highest BCUT2D eigenvalue weighted by Crippen LogP contribution is 2.36. The van der Waals surface area contributed by atoms with Crippen LogP contribution < -0.4 is 0 Å². The molecule has 0 spiro atoms. The van der Waals surface area contributed by atoms with Gasteiger partial charge in [0.2, 0.25) is 5.92 Å². The van der Waals surface area contributed by atoms with Gasteiger partial charge in [-0.3, -0.25) is 4.79 Å². The zero-order valence-corrected chi connectivity index (χ0v) is 11.1. The Morgan fingerprint density at radius 1 is 1.16 bits per heavy atom. The highest BCUT2D eigenvalue weighted by atomic mass is 19.3. The highest BCUT2D eigenvalue weighted by Gasteiger charge is 2.36. The normalized spacial score (nSPS) is 19.3. The molecule has 0 radical (unpaired) electrons. The summed E-state index contributed by atoms with van der Waals surface area (Å²) in [6.45, 7) is 0. The first-order valence-electron chi connectivity index (χ1n) is 7.01. The van der Waals surface area contributed by atoms with E-state index in [0.717, 1.165) is 12.8 Å². The highest BCUT2D eigenvalue weighted by molar-refractivity contribution is 5.81. The zero-order valence-electron chi connectivity index (χ0n) is 11.1. The van der Waals surface area contributed by atoms with Gasteiger partial charge in [-0.2, -0.15) is 0 Å². The SMILES string of the molecule is O=C(CCCc1ccccc1)C1CCC(F)(F)CC1. The lowest BCUT2D eigenvalue weighted by Gasteiger charge is -2.27. The topological polar surface area (TPSA) is 17.1 Å². The summed E-state index contributed by atoms with van der Waals surface area (Å²) in [6, 6.07) is 10.0. The van der Waals surface area contributed by atoms with Crippen LogP contribution in [0.15, 0.2) is 30.3 Å². The molecule has 2 rings (SSSR count). The Balaban J connectivity index is 1.70. The molecule has 1 fully saturated rings. The lowest BCUT2D eigenvalue weighted by molar-refractivity contribution is -0.127. The molecule has 1 aliphatic rings. The number of benzene rings is 1. The van der Waals surface area contributed by atoms with Crippen molar-refractivity contribution in [3.63, 3.8) is 0 Å². The van der Waals surface area contributed by atoms with E-state index < -0.39 is 5.92 Å². The molecule has 0 bridgehead atoms. The minimum Gasteiger partial charge on any atom is -0.299 e. The quantitative estimate of drug-likeness (QED) is 0.771. The predicted molar refractivity (Wildman–Crippen MR) is 71.3 cm³/mol. The Bertz CT molecular complexity index is 404. The monoisotopic (exact) mass is 266 g/mol. The average molecular weight is 266 g/mol. The van der Waals surface area contributed by atoms with Crippen LogP contribution in [0.4, 0.5) is 8.78 Å². The van der Waals surface area contributed by atoms with Crippen molar-refractivity contribution in [3.8, 4) is 0 Å². The number of halogens is 2. The van der Waals surface area contributed by atoms with Gasteiger partial charge in [-0.25, -0.2) is 8.78 Å². The van der Waals surface area contributed by atoms with E-state index >= 15 is 0 Å². The van der Waals surface area contributed by atoms with E-state index in [9.17, 15) is 13.6 Å². The van der Waals surface area contributed by atoms with E-state index in [4.69, 9.17) is 0 Å². The average Bonchev–Trinajstić information content (AvgIpc) is 2.39. The fourth-order valence-electron chi connectivity index (χ4n) is 2.68. The van der Waals surface area contributed by atoms with Gasteiger partial charge in [-0.1, -0.05) is 30.3 Å². The Morgan fingerprint density at radius 2 is 1.79 bits per heavy atom. The molecule has 1 aromatic carbocycles. The number of aryl methyl sites for hydroxylation is 1. The lowest BCUT2D eigenvalue weighted by Crippen LogP contribution is -2.28. The molecular formula is C16H20F2O. The van der Waals surface area contributed by atoms with Crippen LogP contribution in [-0.4, -0.2) is 11.7 Å². The second-order valence-corrected chi connectivity index (χ2v) is 5.44. The second kappa shape index (κ2) is 6.27. The summed E-state index contributed by atoms with van der Waals surface area (Å²) in [6.07, 6.45) is 2.69. The summed E-state index contributed by atoms with van der Waals surface area (Å²) >= 11 is 0. The van der Waals surface area contributed by atoms with E-state index in [1.54, 1.807) is 0 Å². The van der Waals surface area contributed by atoms with Crippen molar-refractivity contribution in [2.24, 2.45) is 5.92 Å². The summed E-state index contributed by atoms with van der Waals surface area (Å²) in [5, 5.41) is 0. The van der Waals surface area contributed by atoms with Crippen LogP contribution >= 0.6 is 0 Å². The minimum atomic E-state index is -2.54. The van der Waals surface area contributed by atoms with Crippen LogP contribution in [0.3, 0.4) is 0 Å². The molecule has 1 aliphatic carbocycles. The van der Waals surface area contributed by atoms with Gasteiger partial charge < -0.3 is 0 Å². The van der Waals surface area contributed by atoms with Gasteiger partial charge in [0, 0.05) is 25.2 Å². The third-order valence-electron chi connectivity index (χ3n) is 3.90. The van der Waals surface area contributed by atoms with Crippen molar-refractivity contribution in [1.29, 1.82) is 0 Å². The molecular weight excluding hydrogens is 246 g/mol. The standard InChI is InChI=1S/C16H20F2O/c17-16(18)11-9-14(10-12-16)15(19)8-4-7-13-5-2-1-3-6-13/h1-3,5-6,14H,4,7-12H2. The largest absolute Gasteiger partial charge is 0.299 e. The second-order valence-electron chi connectivity index (χ2n) is 5.44. The third kappa shape index (κ3) is 4.41. The van der Waals surface area contributed by atoms with Gasteiger partial charge >= 0.3 is 0 Å². The minimum absolute atomic E-state index is 0.123. The van der Waals surface area contributed by atoms with E-state index in [2.05, 4.69) is 0 Å². The molecule has 1 nitrogen and oxygen atoms in total.